The minimum atomic E-state index is -0.428. The molecule has 3 heteroatoms. The van der Waals surface area contributed by atoms with Crippen LogP contribution < -0.4 is 0 Å². The van der Waals surface area contributed by atoms with Crippen molar-refractivity contribution in [1.82, 2.24) is 0 Å². The first-order valence-electron chi connectivity index (χ1n) is 8.83. The van der Waals surface area contributed by atoms with Crippen LogP contribution in [0.4, 0.5) is 0 Å². The summed E-state index contributed by atoms with van der Waals surface area (Å²) in [6, 6.07) is 0. The van der Waals surface area contributed by atoms with Crippen LogP contribution in [0.5, 0.6) is 0 Å². The highest BCUT2D eigenvalue weighted by atomic mass is 16.3. The highest BCUT2D eigenvalue weighted by Crippen LogP contribution is 2.64. The topological polar surface area (TPSA) is 60.7 Å². The van der Waals surface area contributed by atoms with E-state index in [1.165, 1.54) is 5.57 Å². The van der Waals surface area contributed by atoms with Crippen LogP contribution in [0, 0.1) is 28.6 Å². The molecular weight excluding hydrogens is 276 g/mol. The van der Waals surface area contributed by atoms with Gasteiger partial charge in [-0.05, 0) is 67.8 Å². The molecule has 4 aliphatic carbocycles. The minimum Gasteiger partial charge on any atom is -0.512 e. The number of rotatable bonds is 0. The fraction of sp³-hybridized carbons (Fsp3) is 0.789. The highest BCUT2D eigenvalue weighted by molar-refractivity contribution is 5.30. The molecule has 0 aliphatic heterocycles. The van der Waals surface area contributed by atoms with Gasteiger partial charge in [-0.3, -0.25) is 0 Å². The first-order chi connectivity index (χ1) is 10.4. The molecule has 2 unspecified atom stereocenters. The molecule has 2 saturated carbocycles. The lowest BCUT2D eigenvalue weighted by molar-refractivity contribution is -0.0841. The van der Waals surface area contributed by atoms with E-state index < -0.39 is 6.10 Å². The Labute approximate surface area is 132 Å². The molecule has 0 spiro atoms. The molecule has 0 aromatic heterocycles. The third-order valence-corrected chi connectivity index (χ3v) is 7.64. The number of hydrogen-bond donors (Lipinski definition) is 3. The van der Waals surface area contributed by atoms with Gasteiger partial charge in [0.1, 0.15) is 0 Å². The average Bonchev–Trinajstić information content (AvgIpc) is 2.77. The maximum atomic E-state index is 10.8. The SMILES string of the molecule is C[C@]12CCC(O)CC1=CC(O)[C@@H]1[C@H]2CC[C@]2(C)C(O)=CC[C@@H]12. The Hall–Kier alpha value is -0.800. The molecule has 22 heavy (non-hydrogen) atoms. The van der Waals surface area contributed by atoms with E-state index in [0.29, 0.717) is 17.6 Å². The fourth-order valence-electron chi connectivity index (χ4n) is 6.18. The quantitative estimate of drug-likeness (QED) is 0.602. The zero-order valence-electron chi connectivity index (χ0n) is 13.6. The number of allylic oxidation sites excluding steroid dienone is 2. The summed E-state index contributed by atoms with van der Waals surface area (Å²) in [5.74, 6) is 1.61. The fourth-order valence-corrected chi connectivity index (χ4v) is 6.18. The molecule has 4 rings (SSSR count). The van der Waals surface area contributed by atoms with E-state index in [4.69, 9.17) is 0 Å². The maximum Gasteiger partial charge on any atom is 0.0944 e. The van der Waals surface area contributed by atoms with Crippen molar-refractivity contribution in [1.29, 1.82) is 0 Å². The Morgan fingerprint density at radius 1 is 1.05 bits per heavy atom. The van der Waals surface area contributed by atoms with E-state index in [9.17, 15) is 15.3 Å². The monoisotopic (exact) mass is 304 g/mol. The first-order valence-corrected chi connectivity index (χ1v) is 8.83. The Morgan fingerprint density at radius 3 is 2.55 bits per heavy atom. The summed E-state index contributed by atoms with van der Waals surface area (Å²) < 4.78 is 0. The molecule has 2 fully saturated rings. The largest absolute Gasteiger partial charge is 0.512 e. The van der Waals surface area contributed by atoms with Gasteiger partial charge in [0.25, 0.3) is 0 Å². The van der Waals surface area contributed by atoms with Gasteiger partial charge in [-0.25, -0.2) is 0 Å². The van der Waals surface area contributed by atoms with E-state index in [1.54, 1.807) is 0 Å². The van der Waals surface area contributed by atoms with Gasteiger partial charge in [0, 0.05) is 5.41 Å². The molecule has 0 amide bonds. The van der Waals surface area contributed by atoms with Crippen LogP contribution in [0.1, 0.15) is 52.4 Å². The van der Waals surface area contributed by atoms with Crippen LogP contribution in [0.25, 0.3) is 0 Å². The van der Waals surface area contributed by atoms with Gasteiger partial charge in [-0.1, -0.05) is 25.5 Å². The van der Waals surface area contributed by atoms with Crippen LogP contribution in [-0.4, -0.2) is 27.5 Å². The highest BCUT2D eigenvalue weighted by Gasteiger charge is 2.59. The van der Waals surface area contributed by atoms with Gasteiger partial charge in [0.2, 0.25) is 0 Å². The number of fused-ring (bicyclic) bond motifs is 5. The normalized spacial score (nSPS) is 53.9. The standard InChI is InChI=1S/C19H28O3/c1-18-7-5-12(20)9-11(18)10-15(21)17-13-3-4-16(22)19(13,2)8-6-14(17)18/h4,10,12-15,17,20-22H,3,5-9H2,1-2H3/t12?,13-,14+,15?,17-,18-,19-/m0/s1. The molecule has 0 aromatic carbocycles. The van der Waals surface area contributed by atoms with Crippen molar-refractivity contribution < 1.29 is 15.3 Å². The Kier molecular flexibility index (Phi) is 3.09. The maximum absolute atomic E-state index is 10.8. The van der Waals surface area contributed by atoms with E-state index in [1.807, 2.05) is 12.2 Å². The number of aliphatic hydroxyl groups is 3. The van der Waals surface area contributed by atoms with Crippen LogP contribution in [-0.2, 0) is 0 Å². The van der Waals surface area contributed by atoms with Gasteiger partial charge in [-0.2, -0.15) is 0 Å². The molecule has 3 nitrogen and oxygen atoms in total. The zero-order valence-corrected chi connectivity index (χ0v) is 13.6. The van der Waals surface area contributed by atoms with Gasteiger partial charge >= 0.3 is 0 Å². The first kappa shape index (κ1) is 14.8. The Morgan fingerprint density at radius 2 is 1.77 bits per heavy atom. The van der Waals surface area contributed by atoms with Crippen LogP contribution in [0.2, 0.25) is 0 Å². The van der Waals surface area contributed by atoms with Crippen molar-refractivity contribution >= 4 is 0 Å². The molecule has 0 saturated heterocycles. The van der Waals surface area contributed by atoms with Gasteiger partial charge < -0.3 is 15.3 Å². The third-order valence-electron chi connectivity index (χ3n) is 7.64. The molecule has 3 N–H and O–H groups in total. The van der Waals surface area contributed by atoms with E-state index >= 15 is 0 Å². The average molecular weight is 304 g/mol. The Bertz CT molecular complexity index is 551. The molecule has 0 aromatic rings. The summed E-state index contributed by atoms with van der Waals surface area (Å²) in [5.41, 5.74) is 1.26. The van der Waals surface area contributed by atoms with Crippen LogP contribution >= 0.6 is 0 Å². The summed E-state index contributed by atoms with van der Waals surface area (Å²) >= 11 is 0. The molecule has 0 heterocycles. The van der Waals surface area contributed by atoms with Gasteiger partial charge in [0.05, 0.1) is 18.0 Å². The van der Waals surface area contributed by atoms with Crippen molar-refractivity contribution in [2.75, 3.05) is 0 Å². The predicted molar refractivity (Wildman–Crippen MR) is 85.2 cm³/mol. The van der Waals surface area contributed by atoms with Crippen molar-refractivity contribution in [2.24, 2.45) is 28.6 Å². The predicted octanol–water partition coefficient (Wildman–Crippen LogP) is 3.33. The summed E-state index contributed by atoms with van der Waals surface area (Å²) in [4.78, 5) is 0. The molecule has 4 aliphatic rings. The lowest BCUT2D eigenvalue weighted by Crippen LogP contribution is -2.54. The van der Waals surface area contributed by atoms with E-state index in [2.05, 4.69) is 13.8 Å². The van der Waals surface area contributed by atoms with E-state index in [0.717, 1.165) is 38.5 Å². The lowest BCUT2D eigenvalue weighted by Gasteiger charge is -2.58. The molecule has 0 radical (unpaired) electrons. The van der Waals surface area contributed by atoms with Gasteiger partial charge in [-0.15, -0.1) is 0 Å². The second-order valence-corrected chi connectivity index (χ2v) is 8.57. The minimum absolute atomic E-state index is 0.128. The smallest absolute Gasteiger partial charge is 0.0944 e. The van der Waals surface area contributed by atoms with Crippen molar-refractivity contribution in [2.45, 2.75) is 64.6 Å². The van der Waals surface area contributed by atoms with Crippen molar-refractivity contribution in [3.63, 3.8) is 0 Å². The summed E-state index contributed by atoms with van der Waals surface area (Å²) in [5, 5.41) is 31.2. The van der Waals surface area contributed by atoms with E-state index in [-0.39, 0.29) is 22.9 Å². The molecular formula is C19H28O3. The lowest BCUT2D eigenvalue weighted by atomic mass is 9.47. The second-order valence-electron chi connectivity index (χ2n) is 8.57. The van der Waals surface area contributed by atoms with Crippen LogP contribution in [0.15, 0.2) is 23.5 Å². The number of aliphatic hydroxyl groups excluding tert-OH is 3. The molecule has 122 valence electrons. The van der Waals surface area contributed by atoms with Crippen molar-refractivity contribution in [3.05, 3.63) is 23.5 Å². The third kappa shape index (κ3) is 1.75. The summed E-state index contributed by atoms with van der Waals surface area (Å²) in [6.07, 6.45) is 8.95. The Balaban J connectivity index is 1.74. The molecule has 7 atom stereocenters. The molecule has 0 bridgehead atoms. The van der Waals surface area contributed by atoms with Gasteiger partial charge in [0.15, 0.2) is 0 Å². The number of hydrogen-bond acceptors (Lipinski definition) is 3. The summed E-state index contributed by atoms with van der Waals surface area (Å²) in [6.45, 7) is 4.52. The second kappa shape index (κ2) is 4.61. The zero-order chi connectivity index (χ0) is 15.7. The summed E-state index contributed by atoms with van der Waals surface area (Å²) in [7, 11) is 0. The van der Waals surface area contributed by atoms with Crippen molar-refractivity contribution in [3.8, 4) is 0 Å². The van der Waals surface area contributed by atoms with Crippen LogP contribution in [0.3, 0.4) is 0 Å².